The Morgan fingerprint density at radius 3 is 2.42 bits per heavy atom. The summed E-state index contributed by atoms with van der Waals surface area (Å²) in [4.78, 5) is 23.9. The molecular formula is C20H27N5O. The van der Waals surface area contributed by atoms with E-state index in [9.17, 15) is 4.79 Å². The van der Waals surface area contributed by atoms with E-state index < -0.39 is 0 Å². The van der Waals surface area contributed by atoms with Crippen LogP contribution in [0.4, 0.5) is 0 Å². The number of likely N-dealkylation sites (N-methyl/N-ethyl adjacent to an activating group) is 1. The molecule has 4 aliphatic rings. The summed E-state index contributed by atoms with van der Waals surface area (Å²) < 4.78 is 1.73. The standard InChI is InChI=1S/C20H27N5O/c1-11-4-12(2)25-20(21-11)22-17(23-25)10-18(26)24(3)19-15-6-13-5-14(8-15)9-16(19)7-13/h4,13-16,19H,5-10H2,1-3H3. The first-order valence-corrected chi connectivity index (χ1v) is 9.93. The second-order valence-corrected chi connectivity index (χ2v) is 8.88. The summed E-state index contributed by atoms with van der Waals surface area (Å²) in [6.45, 7) is 3.94. The number of hydrogen-bond donors (Lipinski definition) is 0. The fourth-order valence-electron chi connectivity index (χ4n) is 6.24. The maximum atomic E-state index is 13.0. The smallest absolute Gasteiger partial charge is 0.252 e. The van der Waals surface area contributed by atoms with Crippen LogP contribution in [0.3, 0.4) is 0 Å². The topological polar surface area (TPSA) is 63.4 Å². The van der Waals surface area contributed by atoms with Gasteiger partial charge in [0, 0.05) is 24.5 Å². The molecule has 0 atom stereocenters. The average Bonchev–Trinajstić information content (AvgIpc) is 2.96. The number of rotatable bonds is 3. The Morgan fingerprint density at radius 1 is 1.12 bits per heavy atom. The monoisotopic (exact) mass is 353 g/mol. The van der Waals surface area contributed by atoms with Gasteiger partial charge in [0.1, 0.15) is 0 Å². The van der Waals surface area contributed by atoms with Crippen molar-refractivity contribution >= 4 is 11.7 Å². The van der Waals surface area contributed by atoms with Gasteiger partial charge in [-0.25, -0.2) is 9.50 Å². The Kier molecular flexibility index (Phi) is 3.59. The zero-order valence-corrected chi connectivity index (χ0v) is 15.9. The third kappa shape index (κ3) is 2.53. The van der Waals surface area contributed by atoms with Crippen molar-refractivity contribution < 1.29 is 4.79 Å². The van der Waals surface area contributed by atoms with Crippen LogP contribution in [0.25, 0.3) is 5.78 Å². The zero-order chi connectivity index (χ0) is 18.0. The van der Waals surface area contributed by atoms with Crippen LogP contribution >= 0.6 is 0 Å². The van der Waals surface area contributed by atoms with Gasteiger partial charge in [-0.1, -0.05) is 0 Å². The van der Waals surface area contributed by atoms with Gasteiger partial charge < -0.3 is 4.90 Å². The van der Waals surface area contributed by atoms with E-state index >= 15 is 0 Å². The van der Waals surface area contributed by atoms with Crippen LogP contribution in [0, 0.1) is 37.5 Å². The molecule has 6 nitrogen and oxygen atoms in total. The molecule has 2 aromatic rings. The van der Waals surface area contributed by atoms with Crippen molar-refractivity contribution in [2.45, 2.75) is 58.4 Å². The predicted octanol–water partition coefficient (Wildman–Crippen LogP) is 2.57. The fourth-order valence-corrected chi connectivity index (χ4v) is 6.24. The van der Waals surface area contributed by atoms with Crippen molar-refractivity contribution in [1.29, 1.82) is 0 Å². The lowest BCUT2D eigenvalue weighted by atomic mass is 9.54. The predicted molar refractivity (Wildman–Crippen MR) is 97.6 cm³/mol. The molecule has 6 rings (SSSR count). The fraction of sp³-hybridized carbons (Fsp3) is 0.700. The van der Waals surface area contributed by atoms with Crippen molar-refractivity contribution in [2.75, 3.05) is 7.05 Å². The Balaban J connectivity index is 1.35. The van der Waals surface area contributed by atoms with Gasteiger partial charge in [-0.2, -0.15) is 4.98 Å². The lowest BCUT2D eigenvalue weighted by molar-refractivity contribution is -0.140. The van der Waals surface area contributed by atoms with Gasteiger partial charge >= 0.3 is 0 Å². The number of carbonyl (C=O) groups excluding carboxylic acids is 1. The van der Waals surface area contributed by atoms with Gasteiger partial charge in [-0.15, -0.1) is 5.10 Å². The number of nitrogens with zero attached hydrogens (tertiary/aromatic N) is 5. The molecule has 2 aromatic heterocycles. The molecule has 0 aliphatic heterocycles. The maximum absolute atomic E-state index is 13.0. The van der Waals surface area contributed by atoms with Crippen molar-refractivity contribution in [3.63, 3.8) is 0 Å². The van der Waals surface area contributed by atoms with Crippen molar-refractivity contribution in [3.8, 4) is 0 Å². The van der Waals surface area contributed by atoms with Crippen LogP contribution < -0.4 is 0 Å². The average molecular weight is 353 g/mol. The van der Waals surface area contributed by atoms with Gasteiger partial charge in [-0.05, 0) is 75.7 Å². The summed E-state index contributed by atoms with van der Waals surface area (Å²) in [5.74, 6) is 4.58. The van der Waals surface area contributed by atoms with E-state index in [1.807, 2.05) is 31.9 Å². The summed E-state index contributed by atoms with van der Waals surface area (Å²) in [5, 5.41) is 4.51. The number of aryl methyl sites for hydroxylation is 2. The Morgan fingerprint density at radius 2 is 1.77 bits per heavy atom. The number of aromatic nitrogens is 4. The number of carbonyl (C=O) groups is 1. The Labute approximate surface area is 154 Å². The minimum absolute atomic E-state index is 0.146. The van der Waals surface area contributed by atoms with Gasteiger partial charge in [0.2, 0.25) is 5.91 Å². The highest BCUT2D eigenvalue weighted by atomic mass is 16.2. The highest BCUT2D eigenvalue weighted by Crippen LogP contribution is 2.54. The molecule has 1 amide bonds. The molecule has 4 bridgehead atoms. The maximum Gasteiger partial charge on any atom is 0.252 e. The molecule has 4 fully saturated rings. The molecule has 0 radical (unpaired) electrons. The number of amides is 1. The van der Waals surface area contributed by atoms with Crippen LogP contribution in [0.2, 0.25) is 0 Å². The van der Waals surface area contributed by atoms with Crippen molar-refractivity contribution in [1.82, 2.24) is 24.5 Å². The molecule has 0 unspecified atom stereocenters. The third-order valence-corrected chi connectivity index (χ3v) is 6.99. The van der Waals surface area contributed by atoms with E-state index in [-0.39, 0.29) is 12.3 Å². The molecule has 6 heteroatoms. The summed E-state index contributed by atoms with van der Waals surface area (Å²) in [6, 6.07) is 2.41. The summed E-state index contributed by atoms with van der Waals surface area (Å²) in [5.41, 5.74) is 1.92. The molecule has 0 spiro atoms. The minimum Gasteiger partial charge on any atom is -0.342 e. The minimum atomic E-state index is 0.146. The molecule has 0 N–H and O–H groups in total. The van der Waals surface area contributed by atoms with E-state index in [2.05, 4.69) is 15.1 Å². The van der Waals surface area contributed by atoms with Gasteiger partial charge in [0.05, 0.1) is 6.42 Å². The lowest BCUT2D eigenvalue weighted by Crippen LogP contribution is -2.56. The van der Waals surface area contributed by atoms with E-state index in [4.69, 9.17) is 0 Å². The highest BCUT2D eigenvalue weighted by molar-refractivity contribution is 5.78. The first-order chi connectivity index (χ1) is 12.5. The van der Waals surface area contributed by atoms with Crippen LogP contribution in [-0.4, -0.2) is 43.5 Å². The van der Waals surface area contributed by atoms with Gasteiger partial charge in [0.15, 0.2) is 5.82 Å². The molecule has 138 valence electrons. The number of fused-ring (bicyclic) bond motifs is 1. The van der Waals surface area contributed by atoms with Crippen LogP contribution in [0.1, 0.15) is 49.3 Å². The molecule has 0 saturated heterocycles. The second kappa shape index (κ2) is 5.76. The van der Waals surface area contributed by atoms with Gasteiger partial charge in [-0.3, -0.25) is 4.79 Å². The molecule has 4 saturated carbocycles. The molecule has 26 heavy (non-hydrogen) atoms. The molecule has 2 heterocycles. The van der Waals surface area contributed by atoms with Crippen LogP contribution in [-0.2, 0) is 11.2 Å². The Bertz CT molecular complexity index is 844. The molecule has 0 aromatic carbocycles. The largest absolute Gasteiger partial charge is 0.342 e. The van der Waals surface area contributed by atoms with E-state index in [0.717, 1.165) is 23.2 Å². The Hall–Kier alpha value is -1.98. The summed E-state index contributed by atoms with van der Waals surface area (Å²) in [7, 11) is 2.00. The SMILES string of the molecule is Cc1cc(C)n2nc(CC(=O)N(C)C3C4CC5CC(C4)CC3C5)nc2n1. The van der Waals surface area contributed by atoms with Crippen molar-refractivity contribution in [3.05, 3.63) is 23.3 Å². The number of hydrogen-bond acceptors (Lipinski definition) is 4. The van der Waals surface area contributed by atoms with Crippen LogP contribution in [0.5, 0.6) is 0 Å². The van der Waals surface area contributed by atoms with Gasteiger partial charge in [0.25, 0.3) is 5.78 Å². The summed E-state index contributed by atoms with van der Waals surface area (Å²) in [6.07, 6.45) is 7.00. The van der Waals surface area contributed by atoms with E-state index in [1.54, 1.807) is 4.52 Å². The highest BCUT2D eigenvalue weighted by Gasteiger charge is 2.50. The first-order valence-electron chi connectivity index (χ1n) is 9.93. The molecular weight excluding hydrogens is 326 g/mol. The quantitative estimate of drug-likeness (QED) is 0.851. The summed E-state index contributed by atoms with van der Waals surface area (Å²) >= 11 is 0. The first kappa shape index (κ1) is 16.2. The second-order valence-electron chi connectivity index (χ2n) is 8.88. The van der Waals surface area contributed by atoms with Crippen LogP contribution in [0.15, 0.2) is 6.07 Å². The van der Waals surface area contributed by atoms with E-state index in [1.165, 1.54) is 32.1 Å². The lowest BCUT2D eigenvalue weighted by Gasteiger charge is -2.56. The molecule has 4 aliphatic carbocycles. The normalized spacial score (nSPS) is 32.3. The van der Waals surface area contributed by atoms with E-state index in [0.29, 0.717) is 29.5 Å². The van der Waals surface area contributed by atoms with Crippen molar-refractivity contribution in [2.24, 2.45) is 23.7 Å². The third-order valence-electron chi connectivity index (χ3n) is 6.99. The zero-order valence-electron chi connectivity index (χ0n) is 15.9.